The maximum Gasteiger partial charge on any atom is 0.215 e. The van der Waals surface area contributed by atoms with Crippen molar-refractivity contribution in [2.24, 2.45) is 0 Å². The first-order valence-corrected chi connectivity index (χ1v) is 13.1. The predicted molar refractivity (Wildman–Crippen MR) is 149 cm³/mol. The van der Waals surface area contributed by atoms with E-state index in [1.165, 1.54) is 5.56 Å². The monoisotopic (exact) mass is 508 g/mol. The third-order valence-electron chi connectivity index (χ3n) is 6.91. The molecule has 0 spiro atoms. The van der Waals surface area contributed by atoms with Crippen LogP contribution in [0.4, 0.5) is 17.3 Å². The number of nitrogens with one attached hydrogen (secondary N) is 1. The van der Waals surface area contributed by atoms with Gasteiger partial charge in [0.1, 0.15) is 18.2 Å². The van der Waals surface area contributed by atoms with Crippen molar-refractivity contribution in [2.45, 2.75) is 19.6 Å². The molecule has 6 rings (SSSR count). The number of benzene rings is 2. The second kappa shape index (κ2) is 11.2. The number of anilines is 3. The molecule has 2 aliphatic rings. The standard InChI is InChI=1S/C30H32N6O2/c1-35-15-14-25-26(20-35)32-29(34-30(25)36-16-18-37-19-17-36)23-10-12-24(13-11-23)31-27-8-5-9-28(33-27)38-21-22-6-3-2-4-7-22/h2-13H,14-21H2,1H3,(H,31,33). The van der Waals surface area contributed by atoms with Crippen LogP contribution < -0.4 is 15.0 Å². The van der Waals surface area contributed by atoms with Crippen molar-refractivity contribution in [3.8, 4) is 17.3 Å². The fraction of sp³-hybridized carbons (Fsp3) is 0.300. The second-order valence-electron chi connectivity index (χ2n) is 9.72. The number of fused-ring (bicyclic) bond motifs is 1. The summed E-state index contributed by atoms with van der Waals surface area (Å²) in [7, 11) is 2.15. The number of morpholine rings is 1. The van der Waals surface area contributed by atoms with Gasteiger partial charge in [0.25, 0.3) is 0 Å². The summed E-state index contributed by atoms with van der Waals surface area (Å²) < 4.78 is 11.5. The third-order valence-corrected chi connectivity index (χ3v) is 6.91. The normalized spacial score (nSPS) is 15.7. The number of hydrogen-bond donors (Lipinski definition) is 1. The van der Waals surface area contributed by atoms with Crippen LogP contribution in [0.1, 0.15) is 16.8 Å². The molecule has 0 radical (unpaired) electrons. The van der Waals surface area contributed by atoms with E-state index in [0.29, 0.717) is 12.5 Å². The largest absolute Gasteiger partial charge is 0.473 e. The van der Waals surface area contributed by atoms with Crippen molar-refractivity contribution >= 4 is 17.3 Å². The lowest BCUT2D eigenvalue weighted by molar-refractivity contribution is 0.122. The summed E-state index contributed by atoms with van der Waals surface area (Å²) in [4.78, 5) is 19.3. The first kappa shape index (κ1) is 24.3. The minimum absolute atomic E-state index is 0.481. The molecule has 1 fully saturated rings. The quantitative estimate of drug-likeness (QED) is 0.386. The summed E-state index contributed by atoms with van der Waals surface area (Å²) in [6.45, 7) is 5.55. The Morgan fingerprint density at radius 3 is 2.50 bits per heavy atom. The van der Waals surface area contributed by atoms with E-state index in [1.807, 2.05) is 60.7 Å². The van der Waals surface area contributed by atoms with Gasteiger partial charge in [-0.2, -0.15) is 4.98 Å². The zero-order valence-corrected chi connectivity index (χ0v) is 21.6. The van der Waals surface area contributed by atoms with E-state index in [2.05, 4.69) is 39.3 Å². The van der Waals surface area contributed by atoms with Gasteiger partial charge in [-0.1, -0.05) is 36.4 Å². The molecule has 4 aromatic rings. The summed E-state index contributed by atoms with van der Waals surface area (Å²) in [5.74, 6) is 3.14. The maximum atomic E-state index is 5.88. The Labute approximate surface area is 223 Å². The van der Waals surface area contributed by atoms with Crippen LogP contribution in [0.3, 0.4) is 0 Å². The summed E-state index contributed by atoms with van der Waals surface area (Å²) in [6.07, 6.45) is 0.975. The molecule has 8 heteroatoms. The molecule has 0 bridgehead atoms. The highest BCUT2D eigenvalue weighted by atomic mass is 16.5. The van der Waals surface area contributed by atoms with Gasteiger partial charge < -0.3 is 24.6 Å². The van der Waals surface area contributed by atoms with E-state index in [-0.39, 0.29) is 0 Å². The van der Waals surface area contributed by atoms with Crippen LogP contribution in [0.2, 0.25) is 0 Å². The summed E-state index contributed by atoms with van der Waals surface area (Å²) in [5.41, 5.74) is 5.45. The second-order valence-corrected chi connectivity index (χ2v) is 9.72. The van der Waals surface area contributed by atoms with Gasteiger partial charge in [0.15, 0.2) is 5.82 Å². The van der Waals surface area contributed by atoms with Crippen LogP contribution in [0, 0.1) is 0 Å². The Balaban J connectivity index is 1.19. The zero-order valence-electron chi connectivity index (χ0n) is 21.6. The molecule has 38 heavy (non-hydrogen) atoms. The maximum absolute atomic E-state index is 5.88. The van der Waals surface area contributed by atoms with Gasteiger partial charge in [-0.05, 0) is 49.4 Å². The van der Waals surface area contributed by atoms with Gasteiger partial charge in [0, 0.05) is 49.1 Å². The van der Waals surface area contributed by atoms with Crippen molar-refractivity contribution < 1.29 is 9.47 Å². The molecule has 0 amide bonds. The molecule has 0 saturated carbocycles. The van der Waals surface area contributed by atoms with Crippen LogP contribution in [-0.2, 0) is 24.3 Å². The van der Waals surface area contributed by atoms with Gasteiger partial charge in [-0.25, -0.2) is 9.97 Å². The van der Waals surface area contributed by atoms with Crippen molar-refractivity contribution in [1.29, 1.82) is 0 Å². The Morgan fingerprint density at radius 1 is 0.868 bits per heavy atom. The topological polar surface area (TPSA) is 75.6 Å². The Bertz CT molecular complexity index is 1370. The van der Waals surface area contributed by atoms with Crippen molar-refractivity contribution in [1.82, 2.24) is 19.9 Å². The molecule has 194 valence electrons. The number of likely N-dealkylation sites (N-methyl/N-ethyl adjacent to an activating group) is 1. The molecule has 0 aliphatic carbocycles. The minimum Gasteiger partial charge on any atom is -0.473 e. The molecule has 2 aromatic carbocycles. The van der Waals surface area contributed by atoms with E-state index in [4.69, 9.17) is 19.4 Å². The van der Waals surface area contributed by atoms with Crippen molar-refractivity contribution in [3.05, 3.63) is 89.6 Å². The summed E-state index contributed by atoms with van der Waals surface area (Å²) in [5, 5.41) is 3.38. The van der Waals surface area contributed by atoms with E-state index in [1.54, 1.807) is 0 Å². The number of ether oxygens (including phenoxy) is 2. The lowest BCUT2D eigenvalue weighted by Gasteiger charge is -2.33. The average Bonchev–Trinajstić information content (AvgIpc) is 2.97. The molecule has 8 nitrogen and oxygen atoms in total. The SMILES string of the molecule is CN1CCc2c(nc(-c3ccc(Nc4cccc(OCc5ccccc5)n4)cc3)nc2N2CCOCC2)C1. The van der Waals surface area contributed by atoms with Crippen LogP contribution in [0.5, 0.6) is 5.88 Å². The Morgan fingerprint density at radius 2 is 1.68 bits per heavy atom. The van der Waals surface area contributed by atoms with Crippen LogP contribution >= 0.6 is 0 Å². The molecule has 0 unspecified atom stereocenters. The highest BCUT2D eigenvalue weighted by molar-refractivity contribution is 5.66. The number of hydrogen-bond acceptors (Lipinski definition) is 8. The highest BCUT2D eigenvalue weighted by Crippen LogP contribution is 2.30. The van der Waals surface area contributed by atoms with Crippen LogP contribution in [0.25, 0.3) is 11.4 Å². The molecule has 0 atom stereocenters. The molecule has 1 N–H and O–H groups in total. The lowest BCUT2D eigenvalue weighted by atomic mass is 10.0. The van der Waals surface area contributed by atoms with Crippen molar-refractivity contribution in [2.75, 3.05) is 50.1 Å². The molecule has 2 aromatic heterocycles. The van der Waals surface area contributed by atoms with E-state index < -0.39 is 0 Å². The van der Waals surface area contributed by atoms with E-state index in [0.717, 1.165) is 85.8 Å². The van der Waals surface area contributed by atoms with Gasteiger partial charge >= 0.3 is 0 Å². The van der Waals surface area contributed by atoms with E-state index in [9.17, 15) is 0 Å². The minimum atomic E-state index is 0.481. The molecular weight excluding hydrogens is 476 g/mol. The predicted octanol–water partition coefficient (Wildman–Crippen LogP) is 4.69. The third kappa shape index (κ3) is 5.61. The van der Waals surface area contributed by atoms with Gasteiger partial charge in [0.2, 0.25) is 5.88 Å². The number of nitrogens with zero attached hydrogens (tertiary/aromatic N) is 5. The number of pyridine rings is 1. The molecule has 1 saturated heterocycles. The molecule has 2 aliphatic heterocycles. The van der Waals surface area contributed by atoms with Crippen LogP contribution in [-0.4, -0.2) is 59.7 Å². The van der Waals surface area contributed by atoms with E-state index >= 15 is 0 Å². The summed E-state index contributed by atoms with van der Waals surface area (Å²) in [6, 6.07) is 24.0. The molecule has 4 heterocycles. The Kier molecular flexibility index (Phi) is 7.15. The molecular formula is C30H32N6O2. The number of aromatic nitrogens is 3. The Hall–Kier alpha value is -4.01. The first-order chi connectivity index (χ1) is 18.7. The highest BCUT2D eigenvalue weighted by Gasteiger charge is 2.25. The summed E-state index contributed by atoms with van der Waals surface area (Å²) >= 11 is 0. The fourth-order valence-corrected chi connectivity index (χ4v) is 4.85. The first-order valence-electron chi connectivity index (χ1n) is 13.1. The van der Waals surface area contributed by atoms with Crippen molar-refractivity contribution in [3.63, 3.8) is 0 Å². The lowest BCUT2D eigenvalue weighted by Crippen LogP contribution is -2.39. The smallest absolute Gasteiger partial charge is 0.215 e. The van der Waals surface area contributed by atoms with Gasteiger partial charge in [-0.3, -0.25) is 0 Å². The van der Waals surface area contributed by atoms with Crippen LogP contribution in [0.15, 0.2) is 72.8 Å². The zero-order chi connectivity index (χ0) is 25.7. The van der Waals surface area contributed by atoms with Gasteiger partial charge in [0.05, 0.1) is 18.9 Å². The van der Waals surface area contributed by atoms with Gasteiger partial charge in [-0.15, -0.1) is 0 Å². The number of rotatable bonds is 7. The average molecular weight is 509 g/mol. The fourth-order valence-electron chi connectivity index (χ4n) is 4.85.